The van der Waals surface area contributed by atoms with Crippen LogP contribution in [0.5, 0.6) is 11.5 Å². The number of aliphatic hydroxyl groups is 1. The van der Waals surface area contributed by atoms with E-state index in [1.807, 2.05) is 30.5 Å². The molecule has 1 aromatic carbocycles. The summed E-state index contributed by atoms with van der Waals surface area (Å²) in [6.45, 7) is 2.65. The average Bonchev–Trinajstić information content (AvgIpc) is 2.88. The normalized spacial score (nSPS) is 10.5. The molecule has 0 saturated heterocycles. The van der Waals surface area contributed by atoms with Crippen LogP contribution in [0.3, 0.4) is 0 Å². The van der Waals surface area contributed by atoms with Crippen LogP contribution in [0.4, 0.5) is 0 Å². The number of hydrogen-bond donors (Lipinski definition) is 1. The van der Waals surface area contributed by atoms with Crippen LogP contribution in [0, 0.1) is 0 Å². The van der Waals surface area contributed by atoms with Crippen LogP contribution in [-0.4, -0.2) is 30.4 Å². The van der Waals surface area contributed by atoms with Crippen molar-refractivity contribution in [2.75, 3.05) is 20.3 Å². The van der Waals surface area contributed by atoms with Crippen molar-refractivity contribution in [3.05, 3.63) is 29.3 Å². The zero-order valence-electron chi connectivity index (χ0n) is 11.0. The third-order valence-corrected chi connectivity index (χ3v) is 3.57. The van der Waals surface area contributed by atoms with E-state index in [2.05, 4.69) is 4.98 Å². The minimum Gasteiger partial charge on any atom is -0.493 e. The van der Waals surface area contributed by atoms with Crippen molar-refractivity contribution in [3.63, 3.8) is 0 Å². The van der Waals surface area contributed by atoms with Crippen molar-refractivity contribution in [2.45, 2.75) is 13.3 Å². The highest BCUT2D eigenvalue weighted by Gasteiger charge is 2.09. The Morgan fingerprint density at radius 1 is 1.32 bits per heavy atom. The van der Waals surface area contributed by atoms with Gasteiger partial charge in [0.25, 0.3) is 0 Å². The van der Waals surface area contributed by atoms with Gasteiger partial charge in [-0.25, -0.2) is 4.98 Å². The lowest BCUT2D eigenvalue weighted by Crippen LogP contribution is -1.95. The molecule has 0 saturated carbocycles. The highest BCUT2D eigenvalue weighted by atomic mass is 32.1. The third kappa shape index (κ3) is 3.24. The number of benzene rings is 1. The maximum Gasteiger partial charge on any atom is 0.161 e. The van der Waals surface area contributed by atoms with Crippen LogP contribution < -0.4 is 9.47 Å². The Morgan fingerprint density at radius 2 is 2.16 bits per heavy atom. The van der Waals surface area contributed by atoms with Gasteiger partial charge in [0.2, 0.25) is 0 Å². The highest BCUT2D eigenvalue weighted by molar-refractivity contribution is 7.13. The van der Waals surface area contributed by atoms with Crippen LogP contribution in [0.25, 0.3) is 10.6 Å². The molecule has 0 amide bonds. The molecule has 2 rings (SSSR count). The Balaban J connectivity index is 2.30. The number of thiazole rings is 1. The molecule has 0 spiro atoms. The molecular weight excluding hydrogens is 262 g/mol. The van der Waals surface area contributed by atoms with E-state index >= 15 is 0 Å². The molecule has 1 aromatic heterocycles. The molecule has 4 nitrogen and oxygen atoms in total. The van der Waals surface area contributed by atoms with Crippen LogP contribution >= 0.6 is 11.3 Å². The van der Waals surface area contributed by atoms with Gasteiger partial charge in [0.05, 0.1) is 19.4 Å². The van der Waals surface area contributed by atoms with E-state index in [0.29, 0.717) is 13.0 Å². The number of ether oxygens (including phenoxy) is 2. The quantitative estimate of drug-likeness (QED) is 0.883. The monoisotopic (exact) mass is 279 g/mol. The summed E-state index contributed by atoms with van der Waals surface area (Å²) in [7, 11) is 1.63. The van der Waals surface area contributed by atoms with Gasteiger partial charge < -0.3 is 14.6 Å². The van der Waals surface area contributed by atoms with Crippen molar-refractivity contribution in [2.24, 2.45) is 0 Å². The van der Waals surface area contributed by atoms with Gasteiger partial charge in [0.15, 0.2) is 11.5 Å². The van der Waals surface area contributed by atoms with E-state index in [1.165, 1.54) is 0 Å². The van der Waals surface area contributed by atoms with Crippen molar-refractivity contribution in [3.8, 4) is 22.1 Å². The molecular formula is C14H17NO3S. The summed E-state index contributed by atoms with van der Waals surface area (Å²) in [6, 6.07) is 5.78. The van der Waals surface area contributed by atoms with Crippen LogP contribution in [0.1, 0.15) is 12.6 Å². The lowest BCUT2D eigenvalue weighted by Gasteiger charge is -2.10. The molecule has 0 aliphatic carbocycles. The van der Waals surface area contributed by atoms with E-state index in [0.717, 1.165) is 27.8 Å². The Hall–Kier alpha value is -1.59. The summed E-state index contributed by atoms with van der Waals surface area (Å²) in [4.78, 5) is 4.49. The molecule has 0 bridgehead atoms. The second kappa shape index (κ2) is 6.54. The molecule has 19 heavy (non-hydrogen) atoms. The summed E-state index contributed by atoms with van der Waals surface area (Å²) in [5, 5.41) is 11.8. The number of methoxy groups -OCH3 is 1. The molecule has 1 N–H and O–H groups in total. The van der Waals surface area contributed by atoms with Gasteiger partial charge in [0, 0.05) is 24.0 Å². The minimum atomic E-state index is 0.121. The maximum absolute atomic E-state index is 8.91. The topological polar surface area (TPSA) is 51.6 Å². The largest absolute Gasteiger partial charge is 0.493 e. The smallest absolute Gasteiger partial charge is 0.161 e. The van der Waals surface area contributed by atoms with E-state index in [1.54, 1.807) is 18.4 Å². The molecule has 0 aliphatic rings. The summed E-state index contributed by atoms with van der Waals surface area (Å²) < 4.78 is 10.8. The third-order valence-electron chi connectivity index (χ3n) is 2.63. The van der Waals surface area contributed by atoms with Gasteiger partial charge >= 0.3 is 0 Å². The average molecular weight is 279 g/mol. The fraction of sp³-hybridized carbons (Fsp3) is 0.357. The molecule has 0 unspecified atom stereocenters. The van der Waals surface area contributed by atoms with E-state index in [-0.39, 0.29) is 6.61 Å². The molecule has 2 aromatic rings. The standard InChI is InChI=1S/C14H17NO3S/c1-3-18-13-8-10(4-5-12(13)17-2)14-15-11(6-7-16)9-19-14/h4-5,8-9,16H,3,6-7H2,1-2H3. The SMILES string of the molecule is CCOc1cc(-c2nc(CCO)cs2)ccc1OC. The van der Waals surface area contributed by atoms with Crippen LogP contribution in [0.15, 0.2) is 23.6 Å². The lowest BCUT2D eigenvalue weighted by molar-refractivity contribution is 0.298. The van der Waals surface area contributed by atoms with E-state index < -0.39 is 0 Å². The summed E-state index contributed by atoms with van der Waals surface area (Å²) in [6.07, 6.45) is 0.588. The molecule has 0 aliphatic heterocycles. The Bertz CT molecular complexity index is 539. The predicted molar refractivity (Wildman–Crippen MR) is 76.1 cm³/mol. The Morgan fingerprint density at radius 3 is 2.84 bits per heavy atom. The number of aliphatic hydroxyl groups excluding tert-OH is 1. The first-order valence-electron chi connectivity index (χ1n) is 6.15. The van der Waals surface area contributed by atoms with E-state index in [4.69, 9.17) is 14.6 Å². The fourth-order valence-corrected chi connectivity index (χ4v) is 2.60. The first kappa shape index (κ1) is 13.8. The lowest BCUT2D eigenvalue weighted by atomic mass is 10.2. The second-order valence-corrected chi connectivity index (χ2v) is 4.77. The number of hydrogen-bond acceptors (Lipinski definition) is 5. The Kier molecular flexibility index (Phi) is 4.76. The van der Waals surface area contributed by atoms with Crippen LogP contribution in [-0.2, 0) is 6.42 Å². The van der Waals surface area contributed by atoms with Gasteiger partial charge in [-0.05, 0) is 25.1 Å². The van der Waals surface area contributed by atoms with Gasteiger partial charge in [-0.2, -0.15) is 0 Å². The second-order valence-electron chi connectivity index (χ2n) is 3.92. The fourth-order valence-electron chi connectivity index (χ4n) is 1.75. The zero-order chi connectivity index (χ0) is 13.7. The highest BCUT2D eigenvalue weighted by Crippen LogP contribution is 2.33. The van der Waals surface area contributed by atoms with Crippen molar-refractivity contribution in [1.29, 1.82) is 0 Å². The molecule has 0 radical (unpaired) electrons. The van der Waals surface area contributed by atoms with Gasteiger partial charge in [-0.15, -0.1) is 11.3 Å². The van der Waals surface area contributed by atoms with Gasteiger partial charge in [-0.3, -0.25) is 0 Å². The molecule has 5 heteroatoms. The Labute approximate surface area is 116 Å². The van der Waals surface area contributed by atoms with Crippen molar-refractivity contribution >= 4 is 11.3 Å². The molecule has 102 valence electrons. The zero-order valence-corrected chi connectivity index (χ0v) is 11.9. The van der Waals surface area contributed by atoms with Gasteiger partial charge in [0.1, 0.15) is 5.01 Å². The summed E-state index contributed by atoms with van der Waals surface area (Å²) in [5.74, 6) is 1.44. The predicted octanol–water partition coefficient (Wildman–Crippen LogP) is 2.75. The van der Waals surface area contributed by atoms with Crippen molar-refractivity contribution < 1.29 is 14.6 Å². The molecule has 1 heterocycles. The summed E-state index contributed by atoms with van der Waals surface area (Å²) >= 11 is 1.56. The van der Waals surface area contributed by atoms with Crippen LogP contribution in [0.2, 0.25) is 0 Å². The van der Waals surface area contributed by atoms with E-state index in [9.17, 15) is 0 Å². The molecule has 0 fully saturated rings. The maximum atomic E-state index is 8.91. The minimum absolute atomic E-state index is 0.121. The number of aromatic nitrogens is 1. The number of rotatable bonds is 6. The van der Waals surface area contributed by atoms with Gasteiger partial charge in [-0.1, -0.05) is 0 Å². The molecule has 0 atom stereocenters. The number of nitrogens with zero attached hydrogens (tertiary/aromatic N) is 1. The first-order valence-corrected chi connectivity index (χ1v) is 7.03. The first-order chi connectivity index (χ1) is 9.28. The summed E-state index contributed by atoms with van der Waals surface area (Å²) in [5.41, 5.74) is 1.91. The van der Waals surface area contributed by atoms with Crippen molar-refractivity contribution in [1.82, 2.24) is 4.98 Å².